The van der Waals surface area contributed by atoms with Gasteiger partial charge in [-0.2, -0.15) is 5.21 Å². The summed E-state index contributed by atoms with van der Waals surface area (Å²) in [5.74, 6) is 0.784. The van der Waals surface area contributed by atoms with Crippen LogP contribution in [0.15, 0.2) is 36.4 Å². The number of hydrogen-bond acceptors (Lipinski definition) is 4. The Balaban J connectivity index is 1.46. The summed E-state index contributed by atoms with van der Waals surface area (Å²) in [6, 6.07) is 7.82. The van der Waals surface area contributed by atoms with Crippen LogP contribution in [-0.4, -0.2) is 43.5 Å². The van der Waals surface area contributed by atoms with Crippen molar-refractivity contribution in [2.75, 3.05) is 6.54 Å². The van der Waals surface area contributed by atoms with Crippen LogP contribution in [0, 0.1) is 0 Å². The third-order valence-electron chi connectivity index (χ3n) is 5.19. The second kappa shape index (κ2) is 6.19. The predicted molar refractivity (Wildman–Crippen MR) is 90.0 cm³/mol. The summed E-state index contributed by atoms with van der Waals surface area (Å²) < 4.78 is 0. The molecule has 1 aliphatic carbocycles. The van der Waals surface area contributed by atoms with Crippen LogP contribution in [-0.2, 0) is 11.2 Å². The molecule has 0 unspecified atom stereocenters. The van der Waals surface area contributed by atoms with Crippen LogP contribution in [0.5, 0.6) is 0 Å². The zero-order valence-corrected chi connectivity index (χ0v) is 13.6. The molecule has 1 amide bonds. The number of nitrogens with zero attached hydrogens (tertiary/aromatic N) is 4. The fourth-order valence-corrected chi connectivity index (χ4v) is 3.93. The molecule has 1 N–H and O–H groups in total. The summed E-state index contributed by atoms with van der Waals surface area (Å²) in [4.78, 5) is 14.9. The van der Waals surface area contributed by atoms with Crippen molar-refractivity contribution in [3.63, 3.8) is 0 Å². The van der Waals surface area contributed by atoms with Crippen LogP contribution in [0.1, 0.15) is 37.7 Å². The van der Waals surface area contributed by atoms with Gasteiger partial charge in [-0.1, -0.05) is 55.7 Å². The Morgan fingerprint density at radius 1 is 1.17 bits per heavy atom. The first-order chi connectivity index (χ1) is 11.8. The lowest BCUT2D eigenvalue weighted by Crippen LogP contribution is -2.49. The number of hydrogen-bond donors (Lipinski definition) is 1. The van der Waals surface area contributed by atoms with Crippen LogP contribution in [0.25, 0.3) is 11.4 Å². The van der Waals surface area contributed by atoms with E-state index in [0.29, 0.717) is 12.2 Å². The molecule has 0 radical (unpaired) electrons. The van der Waals surface area contributed by atoms with E-state index in [1.54, 1.807) is 0 Å². The average Bonchev–Trinajstić information content (AvgIpc) is 3.27. The highest BCUT2D eigenvalue weighted by Gasteiger charge is 2.40. The Morgan fingerprint density at radius 3 is 2.67 bits per heavy atom. The van der Waals surface area contributed by atoms with Crippen molar-refractivity contribution in [2.45, 2.75) is 44.1 Å². The van der Waals surface area contributed by atoms with E-state index >= 15 is 0 Å². The summed E-state index contributed by atoms with van der Waals surface area (Å²) >= 11 is 0. The van der Waals surface area contributed by atoms with Gasteiger partial charge in [-0.15, -0.1) is 10.2 Å². The molecule has 2 aromatic rings. The number of H-pyrrole nitrogens is 1. The van der Waals surface area contributed by atoms with E-state index in [2.05, 4.69) is 37.7 Å². The van der Waals surface area contributed by atoms with Gasteiger partial charge in [0.15, 0.2) is 0 Å². The van der Waals surface area contributed by atoms with Gasteiger partial charge >= 0.3 is 0 Å². The third kappa shape index (κ3) is 2.72. The molecule has 1 aromatic carbocycles. The van der Waals surface area contributed by atoms with E-state index in [-0.39, 0.29) is 11.4 Å². The van der Waals surface area contributed by atoms with Crippen molar-refractivity contribution in [1.29, 1.82) is 0 Å². The van der Waals surface area contributed by atoms with E-state index in [1.165, 1.54) is 19.3 Å². The lowest BCUT2D eigenvalue weighted by atomic mass is 9.81. The van der Waals surface area contributed by atoms with E-state index in [0.717, 1.165) is 30.5 Å². The molecule has 0 bridgehead atoms. The van der Waals surface area contributed by atoms with Gasteiger partial charge in [-0.3, -0.25) is 4.79 Å². The van der Waals surface area contributed by atoms with Crippen molar-refractivity contribution in [2.24, 2.45) is 0 Å². The van der Waals surface area contributed by atoms with E-state index in [9.17, 15) is 4.79 Å². The minimum atomic E-state index is -0.0140. The molecule has 6 nitrogen and oxygen atoms in total. The summed E-state index contributed by atoms with van der Waals surface area (Å²) in [5, 5.41) is 13.9. The largest absolute Gasteiger partial charge is 0.330 e. The first-order valence-electron chi connectivity index (χ1n) is 8.58. The number of tetrazole rings is 1. The number of benzene rings is 1. The van der Waals surface area contributed by atoms with Crippen LogP contribution in [0.4, 0.5) is 0 Å². The molecule has 0 atom stereocenters. The molecule has 1 aliphatic heterocycles. The number of carbonyl (C=O) groups is 1. The van der Waals surface area contributed by atoms with Crippen molar-refractivity contribution in [1.82, 2.24) is 25.5 Å². The monoisotopic (exact) mass is 323 g/mol. The quantitative estimate of drug-likeness (QED) is 0.881. The van der Waals surface area contributed by atoms with Crippen LogP contribution in [0.2, 0.25) is 0 Å². The van der Waals surface area contributed by atoms with Crippen molar-refractivity contribution in [3.8, 4) is 11.4 Å². The maximum absolute atomic E-state index is 12.8. The maximum Gasteiger partial charge on any atom is 0.227 e. The Hall–Kier alpha value is -2.50. The topological polar surface area (TPSA) is 74.8 Å². The zero-order valence-electron chi connectivity index (χ0n) is 13.6. The van der Waals surface area contributed by atoms with Gasteiger partial charge < -0.3 is 4.90 Å². The molecular formula is C18H21N5O. The highest BCUT2D eigenvalue weighted by Crippen LogP contribution is 2.38. The highest BCUT2D eigenvalue weighted by atomic mass is 16.2. The standard InChI is InChI=1S/C18H21N5O/c24-16(23-12-4-11-18(23)9-2-1-3-10-18)13-14-5-7-15(8-6-14)17-19-21-22-20-17/h4-8,11H,1-3,9-10,12-13H2,(H,19,20,21,22). The number of carbonyl (C=O) groups excluding carboxylic acids is 1. The van der Waals surface area contributed by atoms with Crippen molar-refractivity contribution < 1.29 is 4.79 Å². The average molecular weight is 323 g/mol. The normalized spacial score (nSPS) is 19.1. The summed E-state index contributed by atoms with van der Waals surface area (Å²) in [7, 11) is 0. The number of amides is 1. The van der Waals surface area contributed by atoms with Gasteiger partial charge in [0.2, 0.25) is 11.7 Å². The Morgan fingerprint density at radius 2 is 1.96 bits per heavy atom. The van der Waals surface area contributed by atoms with Crippen molar-refractivity contribution >= 4 is 5.91 Å². The molecule has 1 fully saturated rings. The third-order valence-corrected chi connectivity index (χ3v) is 5.19. The number of nitrogens with one attached hydrogen (secondary N) is 1. The fraction of sp³-hybridized carbons (Fsp3) is 0.444. The predicted octanol–water partition coefficient (Wildman–Crippen LogP) is 2.51. The van der Waals surface area contributed by atoms with Gasteiger partial charge in [0.1, 0.15) is 0 Å². The van der Waals surface area contributed by atoms with Crippen LogP contribution >= 0.6 is 0 Å². The van der Waals surface area contributed by atoms with Gasteiger partial charge in [0.05, 0.1) is 12.0 Å². The lowest BCUT2D eigenvalue weighted by molar-refractivity contribution is -0.134. The molecule has 124 valence electrons. The van der Waals surface area contributed by atoms with E-state index in [1.807, 2.05) is 24.3 Å². The molecule has 1 spiro atoms. The first kappa shape index (κ1) is 15.1. The Labute approximate surface area is 140 Å². The summed E-state index contributed by atoms with van der Waals surface area (Å²) in [5.41, 5.74) is 1.90. The van der Waals surface area contributed by atoms with Gasteiger partial charge in [0, 0.05) is 12.1 Å². The zero-order chi connectivity index (χ0) is 16.4. The molecule has 1 aromatic heterocycles. The molecular weight excluding hydrogens is 302 g/mol. The molecule has 4 rings (SSSR count). The van der Waals surface area contributed by atoms with E-state index < -0.39 is 0 Å². The number of aromatic amines is 1. The molecule has 24 heavy (non-hydrogen) atoms. The fourth-order valence-electron chi connectivity index (χ4n) is 3.93. The molecule has 2 aliphatic rings. The minimum Gasteiger partial charge on any atom is -0.330 e. The van der Waals surface area contributed by atoms with Gasteiger partial charge in [-0.05, 0) is 23.6 Å². The molecule has 2 heterocycles. The SMILES string of the molecule is O=C(Cc1ccc(-c2nn[nH]n2)cc1)N1CC=CC12CCCCC2. The van der Waals surface area contributed by atoms with Crippen LogP contribution < -0.4 is 0 Å². The Bertz CT molecular complexity index is 729. The second-order valence-corrected chi connectivity index (χ2v) is 6.68. The van der Waals surface area contributed by atoms with Crippen LogP contribution in [0.3, 0.4) is 0 Å². The van der Waals surface area contributed by atoms with E-state index in [4.69, 9.17) is 0 Å². The Kier molecular flexibility index (Phi) is 3.88. The molecule has 6 heteroatoms. The maximum atomic E-state index is 12.8. The second-order valence-electron chi connectivity index (χ2n) is 6.68. The van der Waals surface area contributed by atoms with Gasteiger partial charge in [-0.25, -0.2) is 0 Å². The molecule has 1 saturated carbocycles. The smallest absolute Gasteiger partial charge is 0.227 e. The van der Waals surface area contributed by atoms with Gasteiger partial charge in [0.25, 0.3) is 0 Å². The first-order valence-corrected chi connectivity index (χ1v) is 8.58. The lowest BCUT2D eigenvalue weighted by Gasteiger charge is -2.41. The minimum absolute atomic E-state index is 0.0140. The summed E-state index contributed by atoms with van der Waals surface area (Å²) in [6.07, 6.45) is 10.8. The number of aromatic nitrogens is 4. The number of rotatable bonds is 3. The highest BCUT2D eigenvalue weighted by molar-refractivity contribution is 5.81. The molecule has 0 saturated heterocycles. The summed E-state index contributed by atoms with van der Waals surface area (Å²) in [6.45, 7) is 0.750. The van der Waals surface area contributed by atoms with Crippen molar-refractivity contribution in [3.05, 3.63) is 42.0 Å².